The van der Waals surface area contributed by atoms with Crippen LogP contribution in [0.2, 0.25) is 0 Å². The summed E-state index contributed by atoms with van der Waals surface area (Å²) in [4.78, 5) is 2.03. The van der Waals surface area contributed by atoms with Gasteiger partial charge < -0.3 is 10.2 Å². The molecule has 118 valence electrons. The second-order valence-corrected chi connectivity index (χ2v) is 6.25. The van der Waals surface area contributed by atoms with Gasteiger partial charge in [0.15, 0.2) is 5.82 Å². The number of hydrogen-bond acceptors (Lipinski definition) is 6. The molecule has 0 amide bonds. The Labute approximate surface area is 141 Å². The van der Waals surface area contributed by atoms with Gasteiger partial charge in [-0.1, -0.05) is 0 Å². The minimum atomic E-state index is 0.219. The number of aromatic amines is 1. The van der Waals surface area contributed by atoms with Gasteiger partial charge in [-0.05, 0) is 76.2 Å². The summed E-state index contributed by atoms with van der Waals surface area (Å²) >= 11 is 1.60. The third-order valence-electron chi connectivity index (χ3n) is 3.61. The lowest BCUT2D eigenvalue weighted by Gasteiger charge is -2.01. The first kappa shape index (κ1) is 14.4. The number of H-pyrrole nitrogens is 1. The third kappa shape index (κ3) is 2.61. The van der Waals surface area contributed by atoms with Gasteiger partial charge in [0.05, 0.1) is 0 Å². The zero-order valence-corrected chi connectivity index (χ0v) is 13.2. The smallest absolute Gasteiger partial charge is 0.180 e. The van der Waals surface area contributed by atoms with Crippen LogP contribution in [0.3, 0.4) is 0 Å². The van der Waals surface area contributed by atoms with Gasteiger partial charge in [0, 0.05) is 15.3 Å². The topological polar surface area (TPSA) is 94.9 Å². The number of aromatic hydroxyl groups is 2. The molecule has 4 rings (SSSR count). The largest absolute Gasteiger partial charge is 0.508 e. The van der Waals surface area contributed by atoms with Crippen molar-refractivity contribution in [1.82, 2.24) is 20.6 Å². The van der Waals surface area contributed by atoms with E-state index in [1.165, 1.54) is 0 Å². The number of aromatic nitrogens is 4. The molecule has 2 heterocycles. The van der Waals surface area contributed by atoms with Crippen LogP contribution in [0.4, 0.5) is 0 Å². The van der Waals surface area contributed by atoms with E-state index in [1.54, 1.807) is 35.6 Å². The summed E-state index contributed by atoms with van der Waals surface area (Å²) in [6, 6.07) is 16.1. The maximum Gasteiger partial charge on any atom is 0.180 e. The molecule has 4 aromatic rings. The fourth-order valence-corrected chi connectivity index (χ4v) is 3.61. The van der Waals surface area contributed by atoms with Gasteiger partial charge in [0.1, 0.15) is 11.5 Å². The molecule has 0 saturated heterocycles. The van der Waals surface area contributed by atoms with Gasteiger partial charge in [-0.3, -0.25) is 0 Å². The van der Waals surface area contributed by atoms with Gasteiger partial charge in [0.25, 0.3) is 0 Å². The molecule has 3 N–H and O–H groups in total. The van der Waals surface area contributed by atoms with Crippen molar-refractivity contribution in [3.63, 3.8) is 0 Å². The number of rotatable bonds is 3. The summed E-state index contributed by atoms with van der Waals surface area (Å²) in [7, 11) is 0. The molecule has 2 aromatic heterocycles. The maximum absolute atomic E-state index is 9.51. The molecular weight excluding hydrogens is 324 g/mol. The Morgan fingerprint density at radius 1 is 0.833 bits per heavy atom. The van der Waals surface area contributed by atoms with Crippen molar-refractivity contribution < 1.29 is 10.2 Å². The van der Waals surface area contributed by atoms with Gasteiger partial charge in [0.2, 0.25) is 0 Å². The molecule has 6 nitrogen and oxygen atoms in total. The van der Waals surface area contributed by atoms with Crippen molar-refractivity contribution in [3.05, 3.63) is 54.6 Å². The molecule has 0 unspecified atom stereocenters. The summed E-state index contributed by atoms with van der Waals surface area (Å²) in [5.74, 6) is 1.03. The number of thiophene rings is 1. The van der Waals surface area contributed by atoms with Crippen molar-refractivity contribution in [2.75, 3.05) is 0 Å². The summed E-state index contributed by atoms with van der Waals surface area (Å²) < 4.78 is 0. The average molecular weight is 336 g/mol. The van der Waals surface area contributed by atoms with Crippen LogP contribution in [-0.2, 0) is 0 Å². The van der Waals surface area contributed by atoms with Crippen LogP contribution >= 0.6 is 11.3 Å². The Balaban J connectivity index is 1.87. The van der Waals surface area contributed by atoms with Crippen LogP contribution in [-0.4, -0.2) is 30.8 Å². The maximum atomic E-state index is 9.51. The minimum Gasteiger partial charge on any atom is -0.508 e. The SMILES string of the molecule is Oc1ccc(-c2cc(-c3nnn[nH]3)c(-c3ccc(O)cc3)s2)cc1. The van der Waals surface area contributed by atoms with Crippen LogP contribution in [0.5, 0.6) is 11.5 Å². The zero-order valence-electron chi connectivity index (χ0n) is 12.3. The molecule has 0 spiro atoms. The molecule has 0 bridgehead atoms. The first-order chi connectivity index (χ1) is 11.7. The Hall–Kier alpha value is -3.19. The number of benzene rings is 2. The van der Waals surface area contributed by atoms with Crippen LogP contribution in [0.1, 0.15) is 0 Å². The lowest BCUT2D eigenvalue weighted by Crippen LogP contribution is -1.81. The van der Waals surface area contributed by atoms with Crippen LogP contribution in [0.15, 0.2) is 54.6 Å². The number of phenols is 2. The van der Waals surface area contributed by atoms with Crippen molar-refractivity contribution >= 4 is 11.3 Å². The predicted molar refractivity (Wildman–Crippen MR) is 91.7 cm³/mol. The van der Waals surface area contributed by atoms with E-state index in [0.717, 1.165) is 26.4 Å². The number of tetrazole rings is 1. The normalized spacial score (nSPS) is 10.8. The Morgan fingerprint density at radius 2 is 1.46 bits per heavy atom. The number of phenolic OH excluding ortho intramolecular Hbond substituents is 2. The molecule has 0 aliphatic heterocycles. The Morgan fingerprint density at radius 3 is 2.04 bits per heavy atom. The minimum absolute atomic E-state index is 0.219. The summed E-state index contributed by atoms with van der Waals surface area (Å²) in [6.07, 6.45) is 0. The highest BCUT2D eigenvalue weighted by Gasteiger charge is 2.16. The van der Waals surface area contributed by atoms with Crippen LogP contribution in [0.25, 0.3) is 32.3 Å². The van der Waals surface area contributed by atoms with E-state index in [2.05, 4.69) is 20.6 Å². The van der Waals surface area contributed by atoms with Crippen molar-refractivity contribution in [1.29, 1.82) is 0 Å². The first-order valence-corrected chi connectivity index (χ1v) is 7.99. The summed E-state index contributed by atoms with van der Waals surface area (Å²) in [6.45, 7) is 0. The lowest BCUT2D eigenvalue weighted by molar-refractivity contribution is 0.475. The zero-order chi connectivity index (χ0) is 16.5. The van der Waals surface area contributed by atoms with Crippen LogP contribution < -0.4 is 0 Å². The van der Waals surface area contributed by atoms with E-state index in [9.17, 15) is 10.2 Å². The van der Waals surface area contributed by atoms with E-state index < -0.39 is 0 Å². The molecular formula is C17H12N4O2S. The Kier molecular flexibility index (Phi) is 3.47. The van der Waals surface area contributed by atoms with Crippen LogP contribution in [0, 0.1) is 0 Å². The lowest BCUT2D eigenvalue weighted by atomic mass is 10.1. The molecule has 0 aliphatic carbocycles. The monoisotopic (exact) mass is 336 g/mol. The molecule has 0 atom stereocenters. The molecule has 24 heavy (non-hydrogen) atoms. The highest BCUT2D eigenvalue weighted by atomic mass is 32.1. The van der Waals surface area contributed by atoms with E-state index in [-0.39, 0.29) is 11.5 Å². The van der Waals surface area contributed by atoms with Gasteiger partial charge in [-0.25, -0.2) is 5.10 Å². The van der Waals surface area contributed by atoms with Gasteiger partial charge in [-0.2, -0.15) is 0 Å². The van der Waals surface area contributed by atoms with Crippen molar-refractivity contribution in [2.45, 2.75) is 0 Å². The standard InChI is InChI=1S/C17H12N4O2S/c22-12-5-1-10(2-6-12)15-9-14(17-18-20-21-19-17)16(24-15)11-3-7-13(23)8-4-11/h1-9,22-23H,(H,18,19,20,21). The van der Waals surface area contributed by atoms with Crippen molar-refractivity contribution in [2.24, 2.45) is 0 Å². The number of nitrogens with one attached hydrogen (secondary N) is 1. The molecule has 2 aromatic carbocycles. The van der Waals surface area contributed by atoms with E-state index in [1.807, 2.05) is 30.3 Å². The second kappa shape index (κ2) is 5.78. The summed E-state index contributed by atoms with van der Waals surface area (Å²) in [5.41, 5.74) is 2.85. The van der Waals surface area contributed by atoms with Gasteiger partial charge in [-0.15, -0.1) is 16.4 Å². The number of nitrogens with zero attached hydrogens (tertiary/aromatic N) is 3. The first-order valence-electron chi connectivity index (χ1n) is 7.17. The van der Waals surface area contributed by atoms with E-state index in [0.29, 0.717) is 5.82 Å². The fraction of sp³-hybridized carbons (Fsp3) is 0. The quantitative estimate of drug-likeness (QED) is 0.530. The Bertz CT molecular complexity index is 961. The molecule has 0 saturated carbocycles. The third-order valence-corrected chi connectivity index (χ3v) is 4.85. The second-order valence-electron chi connectivity index (χ2n) is 5.20. The van der Waals surface area contributed by atoms with Crippen molar-refractivity contribution in [3.8, 4) is 43.8 Å². The molecule has 0 aliphatic rings. The van der Waals surface area contributed by atoms with Gasteiger partial charge >= 0.3 is 0 Å². The summed E-state index contributed by atoms with van der Waals surface area (Å²) in [5, 5.41) is 33.1. The molecule has 0 radical (unpaired) electrons. The van der Waals surface area contributed by atoms with E-state index in [4.69, 9.17) is 0 Å². The average Bonchev–Trinajstić information content (AvgIpc) is 3.25. The number of hydrogen-bond donors (Lipinski definition) is 3. The highest BCUT2D eigenvalue weighted by molar-refractivity contribution is 7.19. The predicted octanol–water partition coefficient (Wildman–Crippen LogP) is 3.67. The molecule has 7 heteroatoms. The molecule has 0 fully saturated rings. The highest BCUT2D eigenvalue weighted by Crippen LogP contribution is 2.42. The van der Waals surface area contributed by atoms with E-state index >= 15 is 0 Å². The fourth-order valence-electron chi connectivity index (χ4n) is 2.44.